The number of anilines is 9. The predicted molar refractivity (Wildman–Crippen MR) is 531 cm³/mol. The molecule has 2 saturated carbocycles. The molecule has 0 spiro atoms. The van der Waals surface area contributed by atoms with Crippen LogP contribution in [-0.2, 0) is 43.8 Å². The van der Waals surface area contributed by atoms with E-state index in [-0.39, 0.29) is 37.0 Å². The summed E-state index contributed by atoms with van der Waals surface area (Å²) in [6, 6.07) is 51.4. The quantitative estimate of drug-likeness (QED) is 0.0361. The largest absolute Gasteiger partial charge is 0.497 e. The van der Waals surface area contributed by atoms with Crippen molar-refractivity contribution in [3.63, 3.8) is 0 Å². The SMILES string of the molecule is CCOC(=O)[C@@H]1C[C@H]1CN(c1cc(OC)cc(OC)c1)c1ccc2ncc(-c3cnn(C)c3)nc2c1.COc1cc(OC)cc(N(CC2CC2)c2ccc3ncc(-c4cnn(C5CN(CCO)C5)c4)nc3c2)c1.COc1cc(OC)cc(N(Cc2ccco2)c2ccc3ncc(-c4cnn(C)c4)nc3c2)c1.COc1cc(OC)cc(N(Cc2nnc(N)o2)c2ccc3ncc(-c4cnn(C)c4)nc3c2)c1. The van der Waals surface area contributed by atoms with Crippen LogP contribution < -0.4 is 63.2 Å². The number of esters is 1. The van der Waals surface area contributed by atoms with E-state index < -0.39 is 0 Å². The first-order chi connectivity index (χ1) is 68.2. The molecule has 18 aromatic rings. The third-order valence-electron chi connectivity index (χ3n) is 24.3. The Hall–Kier alpha value is -16.8. The first-order valence-corrected chi connectivity index (χ1v) is 45.5. The Kier molecular flexibility index (Phi) is 28.2. The number of ether oxygens (including phenoxy) is 9. The molecule has 37 nitrogen and oxygen atoms in total. The summed E-state index contributed by atoms with van der Waals surface area (Å²) in [4.78, 5) is 61.1. The van der Waals surface area contributed by atoms with Crippen LogP contribution in [0, 0.1) is 17.8 Å². The number of aliphatic hydroxyl groups is 1. The van der Waals surface area contributed by atoms with Gasteiger partial charge in [-0.15, -0.1) is 5.10 Å². The zero-order chi connectivity index (χ0) is 97.0. The Morgan fingerprint density at radius 3 is 1.14 bits per heavy atom. The minimum Gasteiger partial charge on any atom is -0.497 e. The molecular formula is C103H106N24O13. The number of nitrogens with zero attached hydrogens (tertiary/aromatic N) is 23. The summed E-state index contributed by atoms with van der Waals surface area (Å²) in [6.45, 7) is 7.28. The molecule has 0 bridgehead atoms. The van der Waals surface area contributed by atoms with E-state index in [1.165, 1.54) is 12.8 Å². The molecule has 3 fully saturated rings. The van der Waals surface area contributed by atoms with Gasteiger partial charge < -0.3 is 81.9 Å². The number of β-amino-alcohol motifs (C(OH)–C–C–N with tert-alkyl or cyclic N) is 1. The highest BCUT2D eigenvalue weighted by atomic mass is 16.5. The number of aliphatic hydroxyl groups excluding tert-OH is 1. The highest BCUT2D eigenvalue weighted by Crippen LogP contribution is 2.46. The Morgan fingerprint density at radius 1 is 0.429 bits per heavy atom. The molecule has 10 aromatic heterocycles. The number of nitrogens with two attached hydrogens (primary N) is 1. The Bertz CT molecular complexity index is 7290. The molecule has 0 amide bonds. The van der Waals surface area contributed by atoms with Crippen LogP contribution in [0.3, 0.4) is 0 Å². The minimum atomic E-state index is -0.129. The highest BCUT2D eigenvalue weighted by molar-refractivity contribution is 5.88. The molecule has 21 rings (SSSR count). The van der Waals surface area contributed by atoms with E-state index in [1.54, 1.807) is 120 Å². The molecule has 37 heteroatoms. The Morgan fingerprint density at radius 2 is 0.800 bits per heavy atom. The topological polar surface area (TPSA) is 389 Å². The third-order valence-corrected chi connectivity index (χ3v) is 24.3. The number of aromatic nitrogens is 18. The third kappa shape index (κ3) is 22.0. The summed E-state index contributed by atoms with van der Waals surface area (Å²) in [5.41, 5.74) is 26.1. The zero-order valence-electron chi connectivity index (χ0n) is 79.5. The van der Waals surface area contributed by atoms with Crippen molar-refractivity contribution in [2.24, 2.45) is 38.9 Å². The number of aryl methyl sites for hydroxylation is 3. The fourth-order valence-electron chi connectivity index (χ4n) is 16.6. The van der Waals surface area contributed by atoms with E-state index in [2.05, 4.69) is 82.3 Å². The summed E-state index contributed by atoms with van der Waals surface area (Å²) in [5.74, 6) is 7.42. The number of carbonyl (C=O) groups excluding carboxylic acids is 1. The van der Waals surface area contributed by atoms with Gasteiger partial charge in [-0.05, 0) is 123 Å². The predicted octanol–water partition coefficient (Wildman–Crippen LogP) is 16.6. The second kappa shape index (κ2) is 42.2. The second-order valence-corrected chi connectivity index (χ2v) is 33.9. The van der Waals surface area contributed by atoms with Crippen LogP contribution in [0.2, 0.25) is 0 Å². The van der Waals surface area contributed by atoms with Crippen LogP contribution in [0.25, 0.3) is 89.2 Å². The lowest BCUT2D eigenvalue weighted by molar-refractivity contribution is -0.145. The lowest BCUT2D eigenvalue weighted by Crippen LogP contribution is -2.48. The molecule has 11 heterocycles. The molecule has 716 valence electrons. The fraction of sp³-hybridized carbons (Fsp3) is 0.272. The van der Waals surface area contributed by atoms with Gasteiger partial charge in [0.15, 0.2) is 0 Å². The van der Waals surface area contributed by atoms with E-state index in [9.17, 15) is 4.79 Å². The highest BCUT2D eigenvalue weighted by Gasteiger charge is 2.45. The molecule has 3 N–H and O–H groups in total. The van der Waals surface area contributed by atoms with Gasteiger partial charge in [-0.2, -0.15) is 20.4 Å². The summed E-state index contributed by atoms with van der Waals surface area (Å²) in [6.07, 6.45) is 27.0. The van der Waals surface area contributed by atoms with Gasteiger partial charge in [0, 0.05) is 219 Å². The number of benzene rings is 8. The minimum absolute atomic E-state index is 0.00339. The average molecular weight is 1890 g/mol. The number of furan rings is 1. The van der Waals surface area contributed by atoms with Crippen molar-refractivity contribution in [2.45, 2.75) is 45.3 Å². The first kappa shape index (κ1) is 93.6. The maximum absolute atomic E-state index is 12.3. The number of fused-ring (bicyclic) bond motifs is 4. The van der Waals surface area contributed by atoms with Crippen molar-refractivity contribution in [2.75, 3.05) is 128 Å². The van der Waals surface area contributed by atoms with E-state index in [1.807, 2.05) is 214 Å². The smallest absolute Gasteiger partial charge is 0.312 e. The number of hydrogen-bond donors (Lipinski definition) is 2. The molecule has 140 heavy (non-hydrogen) atoms. The number of rotatable bonds is 33. The molecule has 2 aliphatic carbocycles. The number of carbonyl (C=O) groups is 1. The van der Waals surface area contributed by atoms with Crippen molar-refractivity contribution < 1.29 is 61.4 Å². The number of likely N-dealkylation sites (tertiary alicyclic amines) is 1. The van der Waals surface area contributed by atoms with Crippen molar-refractivity contribution in [1.29, 1.82) is 0 Å². The summed E-state index contributed by atoms with van der Waals surface area (Å²) >= 11 is 0. The van der Waals surface area contributed by atoms with Gasteiger partial charge in [-0.3, -0.25) is 48.4 Å². The maximum Gasteiger partial charge on any atom is 0.312 e. The fourth-order valence-corrected chi connectivity index (χ4v) is 16.6. The van der Waals surface area contributed by atoms with Gasteiger partial charge in [-0.25, -0.2) is 19.9 Å². The van der Waals surface area contributed by atoms with Crippen LogP contribution >= 0.6 is 0 Å². The van der Waals surface area contributed by atoms with Gasteiger partial charge in [0.05, 0.1) is 211 Å². The summed E-state index contributed by atoms with van der Waals surface area (Å²) < 4.78 is 67.6. The first-order valence-electron chi connectivity index (χ1n) is 45.5. The van der Waals surface area contributed by atoms with Gasteiger partial charge in [0.2, 0.25) is 5.89 Å². The van der Waals surface area contributed by atoms with Crippen LogP contribution in [-0.4, -0.2) is 208 Å². The van der Waals surface area contributed by atoms with E-state index in [0.717, 1.165) is 178 Å². The molecule has 0 unspecified atom stereocenters. The van der Waals surface area contributed by atoms with E-state index in [4.69, 9.17) is 82.2 Å². The number of nitrogen functional groups attached to an aromatic ring is 1. The van der Waals surface area contributed by atoms with E-state index >= 15 is 0 Å². The summed E-state index contributed by atoms with van der Waals surface area (Å²) in [5, 5.41) is 34.2. The summed E-state index contributed by atoms with van der Waals surface area (Å²) in [7, 11) is 18.7. The Balaban J connectivity index is 0.000000124. The second-order valence-electron chi connectivity index (χ2n) is 33.9. The number of hydrogen-bond acceptors (Lipinski definition) is 33. The average Bonchev–Trinajstić information content (AvgIpc) is 1.64. The molecule has 1 aliphatic heterocycles. The number of methoxy groups -OCH3 is 8. The lowest BCUT2D eigenvalue weighted by atomic mass is 10.1. The van der Waals surface area contributed by atoms with Crippen LogP contribution in [0.4, 0.5) is 51.5 Å². The lowest BCUT2D eigenvalue weighted by Gasteiger charge is -2.38. The molecule has 1 saturated heterocycles. The normalized spacial score (nSPS) is 13.8. The van der Waals surface area contributed by atoms with Crippen molar-refractivity contribution in [3.8, 4) is 91.0 Å². The van der Waals surface area contributed by atoms with Crippen molar-refractivity contribution in [3.05, 3.63) is 250 Å². The van der Waals surface area contributed by atoms with Gasteiger partial charge in [-0.1, -0.05) is 5.10 Å². The van der Waals surface area contributed by atoms with Gasteiger partial charge in [0.25, 0.3) is 0 Å². The van der Waals surface area contributed by atoms with E-state index in [0.29, 0.717) is 78.6 Å². The molecule has 2 atom stereocenters. The Labute approximate surface area is 806 Å². The standard InChI is InChI=1S/C28H32N6O3.C27H29N5O4.C25H23N5O3.C23H22N8O3/c1-36-24-9-22(10-25(12-24)37-2)33(15-19-3-4-19)21-5-6-26-27(11-21)31-28(14-29-26)20-13-30-34(16-20)23-17-32(18-23)7-8-35;1-5-36-27(33)23-8-17(23)16-32(20-9-21(34-3)12-22(10-20)35-4)19-6-7-24-25(11-19)30-26(14-28-24)18-13-29-31(2)15-18;1-29-15-17(13-27-29)25-14-26-23-7-6-18(11-24(23)28-25)30(16-20-5-4-8-33-20)19-9-21(31-2)12-22(10-19)32-3;1-30-12-14(10-26-30)21-11-25-19-5-4-15(8-20(19)27-21)31(13-22-28-29-23(24)34-22)16-6-17(32-2)9-18(7-16)33-3/h5-6,9-14,16,19,23,35H,3-4,7-8,15,17-18H2,1-2H3;6-7,9-15,17,23H,5,8,16H2,1-4H3;4-15H,16H2,1-3H3;4-12H,13H2,1-3H3,(H2,24,29)/t;17-,23+;;/m.0../s1. The molecular weight excluding hydrogens is 1780 g/mol. The maximum atomic E-state index is 12.3. The van der Waals surface area contributed by atoms with Crippen LogP contribution in [0.15, 0.2) is 247 Å². The zero-order valence-corrected chi connectivity index (χ0v) is 79.5. The molecule has 3 aliphatic rings. The molecule has 0 radical (unpaired) electrons. The molecule has 8 aromatic carbocycles. The van der Waals surface area contributed by atoms with Crippen LogP contribution in [0.1, 0.15) is 43.9 Å². The van der Waals surface area contributed by atoms with Crippen LogP contribution in [0.5, 0.6) is 46.0 Å². The monoisotopic (exact) mass is 1890 g/mol. The van der Waals surface area contributed by atoms with Crippen molar-refractivity contribution in [1.82, 2.24) is 94.1 Å². The van der Waals surface area contributed by atoms with Gasteiger partial charge in [0.1, 0.15) is 58.3 Å². The van der Waals surface area contributed by atoms with Gasteiger partial charge >= 0.3 is 12.0 Å². The van der Waals surface area contributed by atoms with Crippen molar-refractivity contribution >= 4 is 102 Å².